The van der Waals surface area contributed by atoms with E-state index in [0.29, 0.717) is 11.3 Å². The third kappa shape index (κ3) is 3.78. The highest BCUT2D eigenvalue weighted by molar-refractivity contribution is 6.42. The largest absolute Gasteiger partial charge is 0.496 e. The fourth-order valence-corrected chi connectivity index (χ4v) is 5.01. The first-order valence-electron chi connectivity index (χ1n) is 11.4. The molecule has 0 bridgehead atoms. The van der Waals surface area contributed by atoms with Gasteiger partial charge in [0.1, 0.15) is 52.0 Å². The van der Waals surface area contributed by atoms with E-state index in [9.17, 15) is 20.4 Å². The first-order chi connectivity index (χ1) is 15.2. The molecule has 0 aromatic heterocycles. The monoisotopic (exact) mass is 438 g/mol. The molecule has 1 heterocycles. The SMILES string of the molecule is BC(B)(c1ccc2c(c1)CC2)c1cc([C@@H]2O[C@H](CO)[C@@H](O)[C@H](O)[C@H]2O)c(OC)cc1CC. The Hall–Kier alpha value is -1.83. The second-order valence-electron chi connectivity index (χ2n) is 9.46. The molecule has 4 N–H and O–H groups in total. The number of ether oxygens (including phenoxy) is 2. The lowest BCUT2D eigenvalue weighted by Gasteiger charge is -2.41. The van der Waals surface area contributed by atoms with E-state index in [1.54, 1.807) is 7.11 Å². The quantitative estimate of drug-likeness (QED) is 0.448. The second-order valence-corrected chi connectivity index (χ2v) is 9.46. The molecule has 1 saturated heterocycles. The van der Waals surface area contributed by atoms with Gasteiger partial charge in [0.05, 0.1) is 13.7 Å². The summed E-state index contributed by atoms with van der Waals surface area (Å²) in [6, 6.07) is 10.6. The lowest BCUT2D eigenvalue weighted by molar-refractivity contribution is -0.232. The zero-order chi connectivity index (χ0) is 23.2. The van der Waals surface area contributed by atoms with Crippen LogP contribution in [0.25, 0.3) is 0 Å². The predicted octanol–water partition coefficient (Wildman–Crippen LogP) is -0.662. The van der Waals surface area contributed by atoms with Crippen molar-refractivity contribution in [1.82, 2.24) is 0 Å². The molecular weight excluding hydrogens is 406 g/mol. The van der Waals surface area contributed by atoms with Gasteiger partial charge in [-0.05, 0) is 58.9 Å². The summed E-state index contributed by atoms with van der Waals surface area (Å²) in [6.07, 6.45) is -3.07. The summed E-state index contributed by atoms with van der Waals surface area (Å²) in [5.41, 5.74) is 6.84. The van der Waals surface area contributed by atoms with Crippen LogP contribution in [0.15, 0.2) is 30.3 Å². The zero-order valence-electron chi connectivity index (χ0n) is 19.2. The highest BCUT2D eigenvalue weighted by atomic mass is 16.5. The van der Waals surface area contributed by atoms with Gasteiger partial charge in [-0.1, -0.05) is 30.7 Å². The number of aryl methyl sites for hydroxylation is 3. The van der Waals surface area contributed by atoms with E-state index in [1.807, 2.05) is 12.1 Å². The van der Waals surface area contributed by atoms with Gasteiger partial charge in [-0.15, -0.1) is 0 Å². The van der Waals surface area contributed by atoms with E-state index in [0.717, 1.165) is 30.4 Å². The highest BCUT2D eigenvalue weighted by Crippen LogP contribution is 2.41. The van der Waals surface area contributed by atoms with Crippen LogP contribution in [0.4, 0.5) is 0 Å². The first kappa shape index (κ1) is 23.3. The van der Waals surface area contributed by atoms with Crippen LogP contribution in [0, 0.1) is 0 Å². The van der Waals surface area contributed by atoms with Gasteiger partial charge in [-0.2, -0.15) is 0 Å². The molecular formula is C24H32B2O6. The molecule has 4 rings (SSSR count). The summed E-state index contributed by atoms with van der Waals surface area (Å²) in [6.45, 7) is 1.63. The number of hydrogen-bond acceptors (Lipinski definition) is 6. The van der Waals surface area contributed by atoms with Gasteiger partial charge in [0.15, 0.2) is 0 Å². The number of aliphatic hydroxyl groups excluding tert-OH is 4. The maximum Gasteiger partial charge on any atom is 0.125 e. The van der Waals surface area contributed by atoms with Crippen molar-refractivity contribution >= 4 is 15.7 Å². The Morgan fingerprint density at radius 1 is 1.03 bits per heavy atom. The Kier molecular flexibility index (Phi) is 6.45. The molecule has 0 spiro atoms. The molecule has 2 aromatic carbocycles. The molecule has 32 heavy (non-hydrogen) atoms. The molecule has 170 valence electrons. The van der Waals surface area contributed by atoms with Crippen molar-refractivity contribution in [1.29, 1.82) is 0 Å². The average Bonchev–Trinajstić information content (AvgIpc) is 2.77. The molecule has 0 saturated carbocycles. The Labute approximate surface area is 191 Å². The normalized spacial score (nSPS) is 27.5. The Bertz CT molecular complexity index is 993. The van der Waals surface area contributed by atoms with E-state index in [2.05, 4.69) is 40.8 Å². The van der Waals surface area contributed by atoms with Crippen LogP contribution in [-0.4, -0.2) is 74.3 Å². The van der Waals surface area contributed by atoms with Crippen LogP contribution in [-0.2, 0) is 29.2 Å². The molecule has 1 aliphatic carbocycles. The van der Waals surface area contributed by atoms with Crippen molar-refractivity contribution in [2.24, 2.45) is 0 Å². The zero-order valence-corrected chi connectivity index (χ0v) is 19.2. The summed E-state index contributed by atoms with van der Waals surface area (Å²) in [5.74, 6) is 0.544. The molecule has 0 unspecified atom stereocenters. The van der Waals surface area contributed by atoms with Crippen molar-refractivity contribution in [2.75, 3.05) is 13.7 Å². The summed E-state index contributed by atoms with van der Waals surface area (Å²) < 4.78 is 11.5. The van der Waals surface area contributed by atoms with Gasteiger partial charge in [-0.25, -0.2) is 0 Å². The lowest BCUT2D eigenvalue weighted by atomic mass is 9.46. The molecule has 1 aliphatic heterocycles. The molecule has 8 heteroatoms. The smallest absolute Gasteiger partial charge is 0.125 e. The molecule has 5 atom stereocenters. The molecule has 6 nitrogen and oxygen atoms in total. The first-order valence-corrected chi connectivity index (χ1v) is 11.4. The Balaban J connectivity index is 1.82. The van der Waals surface area contributed by atoms with Crippen molar-refractivity contribution in [3.8, 4) is 5.75 Å². The van der Waals surface area contributed by atoms with Gasteiger partial charge in [-0.3, -0.25) is 0 Å². The summed E-state index contributed by atoms with van der Waals surface area (Å²) >= 11 is 0. The molecule has 2 aromatic rings. The van der Waals surface area contributed by atoms with Crippen LogP contribution in [0.3, 0.4) is 0 Å². The van der Waals surface area contributed by atoms with Gasteiger partial charge in [0.2, 0.25) is 0 Å². The number of fused-ring (bicyclic) bond motifs is 1. The van der Waals surface area contributed by atoms with Gasteiger partial charge >= 0.3 is 0 Å². The Morgan fingerprint density at radius 2 is 1.75 bits per heavy atom. The van der Waals surface area contributed by atoms with Gasteiger partial charge in [0.25, 0.3) is 0 Å². The van der Waals surface area contributed by atoms with Crippen molar-refractivity contribution in [3.63, 3.8) is 0 Å². The van der Waals surface area contributed by atoms with Crippen LogP contribution >= 0.6 is 0 Å². The predicted molar refractivity (Wildman–Crippen MR) is 127 cm³/mol. The maximum atomic E-state index is 10.7. The third-order valence-electron chi connectivity index (χ3n) is 7.30. The van der Waals surface area contributed by atoms with E-state index in [4.69, 9.17) is 9.47 Å². The van der Waals surface area contributed by atoms with E-state index < -0.39 is 37.1 Å². The minimum absolute atomic E-state index is 0.314. The number of aliphatic hydroxyl groups is 4. The molecule has 2 aliphatic rings. The molecule has 0 amide bonds. The Morgan fingerprint density at radius 3 is 2.31 bits per heavy atom. The van der Waals surface area contributed by atoms with Crippen LogP contribution in [0.5, 0.6) is 5.75 Å². The van der Waals surface area contributed by atoms with Crippen LogP contribution in [0.1, 0.15) is 46.4 Å². The number of hydrogen-bond donors (Lipinski definition) is 4. The summed E-state index contributed by atoms with van der Waals surface area (Å²) in [4.78, 5) is 0. The minimum atomic E-state index is -1.44. The number of rotatable bonds is 6. The fraction of sp³-hybridized carbons (Fsp3) is 0.500. The maximum absolute atomic E-state index is 10.7. The fourth-order valence-electron chi connectivity index (χ4n) is 5.01. The van der Waals surface area contributed by atoms with E-state index in [1.165, 1.54) is 16.7 Å². The number of benzene rings is 2. The second kappa shape index (κ2) is 8.84. The highest BCUT2D eigenvalue weighted by Gasteiger charge is 2.45. The van der Waals surface area contributed by atoms with Crippen molar-refractivity contribution < 1.29 is 29.9 Å². The lowest BCUT2D eigenvalue weighted by Crippen LogP contribution is -2.55. The summed E-state index contributed by atoms with van der Waals surface area (Å²) in [7, 11) is 5.93. The average molecular weight is 438 g/mol. The van der Waals surface area contributed by atoms with Gasteiger partial charge < -0.3 is 29.9 Å². The van der Waals surface area contributed by atoms with E-state index in [-0.39, 0.29) is 5.21 Å². The van der Waals surface area contributed by atoms with Gasteiger partial charge in [0, 0.05) is 5.56 Å². The summed E-state index contributed by atoms with van der Waals surface area (Å²) in [5, 5.41) is 40.6. The molecule has 1 fully saturated rings. The molecule has 0 radical (unpaired) electrons. The standard InChI is InChI=1S/C24H32B2O6/c1-3-12-9-18(31-2)16(23-22(30)21(29)20(28)19(11-27)32-23)10-17(12)24(25,26)15-7-6-13-4-5-14(13)8-15/h6-10,19-23,27-30H,3-5,11,25-26H2,1-2H3/t19-,20-,21+,22-,23+/m1/s1. The van der Waals surface area contributed by atoms with Crippen LogP contribution in [0.2, 0.25) is 0 Å². The van der Waals surface area contributed by atoms with E-state index >= 15 is 0 Å². The van der Waals surface area contributed by atoms with Crippen LogP contribution < -0.4 is 4.74 Å². The van der Waals surface area contributed by atoms with Crippen molar-refractivity contribution in [3.05, 3.63) is 63.7 Å². The van der Waals surface area contributed by atoms with Crippen molar-refractivity contribution in [2.45, 2.75) is 61.9 Å². The minimum Gasteiger partial charge on any atom is -0.496 e. The topological polar surface area (TPSA) is 99.4 Å². The third-order valence-corrected chi connectivity index (χ3v) is 7.30. The number of methoxy groups -OCH3 is 1.